The number of aromatic nitrogens is 2. The predicted molar refractivity (Wildman–Crippen MR) is 118 cm³/mol. The second-order valence-electron chi connectivity index (χ2n) is 7.70. The van der Waals surface area contributed by atoms with Gasteiger partial charge in [-0.25, -0.2) is 0 Å². The maximum Gasteiger partial charge on any atom is 0.251 e. The molecule has 0 bridgehead atoms. The lowest BCUT2D eigenvalue weighted by molar-refractivity contribution is 0.0930. The van der Waals surface area contributed by atoms with Gasteiger partial charge in [-0.2, -0.15) is 5.10 Å². The Morgan fingerprint density at radius 2 is 1.83 bits per heavy atom. The van der Waals surface area contributed by atoms with E-state index in [1.807, 2.05) is 56.3 Å². The first kappa shape index (κ1) is 19.5. The second kappa shape index (κ2) is 8.29. The molecular formula is C23H25ClN4O. The molecule has 2 heterocycles. The molecule has 6 heteroatoms. The number of aryl methyl sites for hydroxylation is 2. The van der Waals surface area contributed by atoms with E-state index >= 15 is 0 Å². The van der Waals surface area contributed by atoms with Crippen LogP contribution in [0.25, 0.3) is 11.3 Å². The molecule has 0 radical (unpaired) electrons. The summed E-state index contributed by atoms with van der Waals surface area (Å²) in [5.74, 6) is 0.958. The molecule has 1 aromatic heterocycles. The Bertz CT molecular complexity index is 1000. The summed E-state index contributed by atoms with van der Waals surface area (Å²) in [7, 11) is 0. The normalized spacial score (nSPS) is 14.8. The van der Waals surface area contributed by atoms with Crippen molar-refractivity contribution in [3.8, 4) is 11.3 Å². The van der Waals surface area contributed by atoms with E-state index in [1.165, 1.54) is 5.56 Å². The van der Waals surface area contributed by atoms with Gasteiger partial charge in [0.2, 0.25) is 0 Å². The fourth-order valence-electron chi connectivity index (χ4n) is 3.83. The van der Waals surface area contributed by atoms with Gasteiger partial charge in [0.05, 0.1) is 5.69 Å². The summed E-state index contributed by atoms with van der Waals surface area (Å²) in [6.07, 6.45) is 1.81. The number of nitrogens with one attached hydrogen (secondary N) is 2. The van der Waals surface area contributed by atoms with Crippen molar-refractivity contribution in [2.24, 2.45) is 0 Å². The SMILES string of the molecule is Cc1ccc(C(=O)NC2CCN(c3cc(-c4ccc(Cl)cc4)[nH]n3)CC2)c(C)c1. The van der Waals surface area contributed by atoms with Crippen molar-refractivity contribution in [2.45, 2.75) is 32.7 Å². The van der Waals surface area contributed by atoms with Crippen molar-refractivity contribution < 1.29 is 4.79 Å². The highest BCUT2D eigenvalue weighted by Crippen LogP contribution is 2.25. The molecule has 0 saturated carbocycles. The van der Waals surface area contributed by atoms with E-state index < -0.39 is 0 Å². The van der Waals surface area contributed by atoms with Gasteiger partial charge in [0.1, 0.15) is 0 Å². The van der Waals surface area contributed by atoms with Crippen LogP contribution in [0.5, 0.6) is 0 Å². The van der Waals surface area contributed by atoms with Crippen LogP contribution in [0.4, 0.5) is 5.82 Å². The number of aromatic amines is 1. The van der Waals surface area contributed by atoms with Crippen LogP contribution >= 0.6 is 11.6 Å². The molecule has 0 aliphatic carbocycles. The Morgan fingerprint density at radius 1 is 1.10 bits per heavy atom. The monoisotopic (exact) mass is 408 g/mol. The average molecular weight is 409 g/mol. The van der Waals surface area contributed by atoms with Crippen molar-refractivity contribution in [3.05, 3.63) is 70.2 Å². The average Bonchev–Trinajstić information content (AvgIpc) is 3.19. The number of benzene rings is 2. The number of piperidine rings is 1. The van der Waals surface area contributed by atoms with E-state index in [1.54, 1.807) is 0 Å². The molecule has 1 aliphatic rings. The van der Waals surface area contributed by atoms with Gasteiger partial charge in [-0.05, 0) is 56.0 Å². The lowest BCUT2D eigenvalue weighted by Crippen LogP contribution is -2.45. The third kappa shape index (κ3) is 4.46. The first-order valence-electron chi connectivity index (χ1n) is 9.94. The fourth-order valence-corrected chi connectivity index (χ4v) is 3.96. The number of halogens is 1. The smallest absolute Gasteiger partial charge is 0.251 e. The lowest BCUT2D eigenvalue weighted by Gasteiger charge is -2.32. The molecule has 1 saturated heterocycles. The molecule has 3 aromatic rings. The first-order valence-corrected chi connectivity index (χ1v) is 10.3. The molecule has 4 rings (SSSR count). The summed E-state index contributed by atoms with van der Waals surface area (Å²) in [6, 6.07) is 15.9. The number of nitrogens with zero attached hydrogens (tertiary/aromatic N) is 2. The van der Waals surface area contributed by atoms with Crippen LogP contribution in [0.2, 0.25) is 5.02 Å². The Kier molecular flexibility index (Phi) is 5.58. The Hall–Kier alpha value is -2.79. The van der Waals surface area contributed by atoms with Gasteiger partial charge in [0.25, 0.3) is 5.91 Å². The van der Waals surface area contributed by atoms with Gasteiger partial charge in [-0.3, -0.25) is 9.89 Å². The van der Waals surface area contributed by atoms with E-state index in [-0.39, 0.29) is 11.9 Å². The maximum absolute atomic E-state index is 12.6. The van der Waals surface area contributed by atoms with Crippen LogP contribution in [-0.2, 0) is 0 Å². The molecular weight excluding hydrogens is 384 g/mol. The third-order valence-electron chi connectivity index (χ3n) is 5.50. The largest absolute Gasteiger partial charge is 0.355 e. The first-order chi connectivity index (χ1) is 14.0. The van der Waals surface area contributed by atoms with Crippen molar-refractivity contribution in [1.82, 2.24) is 15.5 Å². The molecule has 1 amide bonds. The highest BCUT2D eigenvalue weighted by Gasteiger charge is 2.23. The molecule has 2 aromatic carbocycles. The summed E-state index contributed by atoms with van der Waals surface area (Å²) < 4.78 is 0. The Morgan fingerprint density at radius 3 is 2.52 bits per heavy atom. The number of anilines is 1. The van der Waals surface area contributed by atoms with Crippen molar-refractivity contribution in [2.75, 3.05) is 18.0 Å². The number of carbonyl (C=O) groups excluding carboxylic acids is 1. The van der Waals surface area contributed by atoms with Gasteiger partial charge in [0, 0.05) is 35.8 Å². The number of amides is 1. The minimum atomic E-state index is 0.0192. The second-order valence-corrected chi connectivity index (χ2v) is 8.14. The number of rotatable bonds is 4. The van der Waals surface area contributed by atoms with E-state index in [4.69, 9.17) is 11.6 Å². The van der Waals surface area contributed by atoms with E-state index in [0.717, 1.165) is 59.2 Å². The molecule has 2 N–H and O–H groups in total. The number of H-pyrrole nitrogens is 1. The highest BCUT2D eigenvalue weighted by molar-refractivity contribution is 6.30. The van der Waals surface area contributed by atoms with Crippen molar-refractivity contribution in [3.63, 3.8) is 0 Å². The molecule has 0 unspecified atom stereocenters. The van der Waals surface area contributed by atoms with Crippen molar-refractivity contribution >= 4 is 23.3 Å². The maximum atomic E-state index is 12.6. The van der Waals surface area contributed by atoms with Crippen LogP contribution in [0.3, 0.4) is 0 Å². The zero-order valence-electron chi connectivity index (χ0n) is 16.7. The van der Waals surface area contributed by atoms with Gasteiger partial charge < -0.3 is 10.2 Å². The minimum Gasteiger partial charge on any atom is -0.355 e. The van der Waals surface area contributed by atoms with Crippen LogP contribution in [0.15, 0.2) is 48.5 Å². The molecule has 0 spiro atoms. The van der Waals surface area contributed by atoms with Crippen LogP contribution < -0.4 is 10.2 Å². The number of hydrogen-bond acceptors (Lipinski definition) is 3. The fraction of sp³-hybridized carbons (Fsp3) is 0.304. The van der Waals surface area contributed by atoms with Crippen LogP contribution in [0.1, 0.15) is 34.3 Å². The zero-order chi connectivity index (χ0) is 20.4. The molecule has 150 valence electrons. The van der Waals surface area contributed by atoms with Gasteiger partial charge in [0.15, 0.2) is 5.82 Å². The Balaban J connectivity index is 1.35. The summed E-state index contributed by atoms with van der Waals surface area (Å²) in [6.45, 7) is 5.75. The predicted octanol–water partition coefficient (Wildman–Crippen LogP) is 4.75. The zero-order valence-corrected chi connectivity index (χ0v) is 17.5. The third-order valence-corrected chi connectivity index (χ3v) is 5.75. The summed E-state index contributed by atoms with van der Waals surface area (Å²) in [4.78, 5) is 14.9. The molecule has 29 heavy (non-hydrogen) atoms. The summed E-state index contributed by atoms with van der Waals surface area (Å²) in [5, 5.41) is 11.5. The van der Waals surface area contributed by atoms with Gasteiger partial charge >= 0.3 is 0 Å². The van der Waals surface area contributed by atoms with Crippen LogP contribution in [-0.4, -0.2) is 35.2 Å². The molecule has 0 atom stereocenters. The minimum absolute atomic E-state index is 0.0192. The quantitative estimate of drug-likeness (QED) is 0.655. The van der Waals surface area contributed by atoms with Gasteiger partial charge in [-0.15, -0.1) is 0 Å². The molecule has 1 aliphatic heterocycles. The van der Waals surface area contributed by atoms with E-state index in [2.05, 4.69) is 26.5 Å². The molecule has 1 fully saturated rings. The summed E-state index contributed by atoms with van der Waals surface area (Å²) >= 11 is 5.97. The topological polar surface area (TPSA) is 61.0 Å². The number of hydrogen-bond donors (Lipinski definition) is 2. The summed E-state index contributed by atoms with van der Waals surface area (Å²) in [5.41, 5.74) is 4.99. The van der Waals surface area contributed by atoms with E-state index in [9.17, 15) is 4.79 Å². The van der Waals surface area contributed by atoms with Crippen molar-refractivity contribution in [1.29, 1.82) is 0 Å². The van der Waals surface area contributed by atoms with Gasteiger partial charge in [-0.1, -0.05) is 41.4 Å². The number of carbonyl (C=O) groups is 1. The van der Waals surface area contributed by atoms with E-state index in [0.29, 0.717) is 0 Å². The molecule has 5 nitrogen and oxygen atoms in total. The highest BCUT2D eigenvalue weighted by atomic mass is 35.5. The van der Waals surface area contributed by atoms with Crippen LogP contribution in [0, 0.1) is 13.8 Å². The Labute approximate surface area is 176 Å². The lowest BCUT2D eigenvalue weighted by atomic mass is 10.0. The standard InChI is InChI=1S/C23H25ClN4O/c1-15-3-8-20(16(2)13-15)23(29)25-19-9-11-28(12-10-19)22-14-21(26-27-22)17-4-6-18(24)7-5-17/h3-8,13-14,19H,9-12H2,1-2H3,(H,25,29)(H,26,27).